The van der Waals surface area contributed by atoms with Gasteiger partial charge in [-0.3, -0.25) is 4.79 Å². The van der Waals surface area contributed by atoms with Gasteiger partial charge in [0.25, 0.3) is 0 Å². The van der Waals surface area contributed by atoms with Gasteiger partial charge in [-0.25, -0.2) is 9.59 Å². The monoisotopic (exact) mass is 838 g/mol. The van der Waals surface area contributed by atoms with Gasteiger partial charge in [0, 0.05) is 24.0 Å². The molecule has 0 aliphatic carbocycles. The van der Waals surface area contributed by atoms with Gasteiger partial charge in [0.1, 0.15) is 18.3 Å². The number of rotatable bonds is 16. The molecule has 1 fully saturated rings. The number of carboxylic acid groups (broad SMARTS) is 1. The van der Waals surface area contributed by atoms with Crippen LogP contribution in [0.15, 0.2) is 72.8 Å². The van der Waals surface area contributed by atoms with E-state index >= 15 is 0 Å². The lowest BCUT2D eigenvalue weighted by atomic mass is 9.84. The molecule has 0 bridgehead atoms. The predicted octanol–water partition coefficient (Wildman–Crippen LogP) is 1.72. The first-order valence-corrected chi connectivity index (χ1v) is 18.1. The minimum Gasteiger partial charge on any atom is -0.504 e. The zero-order chi connectivity index (χ0) is 43.8. The molecule has 19 heteroatoms. The first-order valence-electron chi connectivity index (χ1n) is 18.1. The SMILES string of the molecule is O=C(/C=C/c1ccc(O)c(O)c1)O[C@H]1[C@H](O)[C@@H](O)[C@H](OCCc2c([C@H](CC(=O)OC(Cc3ccc(O)c(O)c3)C(=O)O)c3ccc(O)c(O)c3)ccc(O)c2O)O[C@@H]1CO. The summed E-state index contributed by atoms with van der Waals surface area (Å²) in [5.74, 6) is -8.98. The Morgan fingerprint density at radius 1 is 0.750 bits per heavy atom. The molecule has 320 valence electrons. The van der Waals surface area contributed by atoms with Crippen LogP contribution in [0.5, 0.6) is 46.0 Å². The molecule has 1 unspecified atom stereocenters. The number of aliphatic carboxylic acids is 1. The molecule has 60 heavy (non-hydrogen) atoms. The van der Waals surface area contributed by atoms with E-state index in [-0.39, 0.29) is 34.4 Å². The number of carbonyl (C=O) groups excluding carboxylic acids is 2. The molecule has 0 saturated carbocycles. The first kappa shape index (κ1) is 44.3. The second-order valence-electron chi connectivity index (χ2n) is 13.7. The Bertz CT molecular complexity index is 2220. The summed E-state index contributed by atoms with van der Waals surface area (Å²) in [6, 6.07) is 13.3. The lowest BCUT2D eigenvalue weighted by Crippen LogP contribution is -2.60. The molecule has 0 radical (unpaired) electrons. The zero-order valence-electron chi connectivity index (χ0n) is 31.3. The average molecular weight is 839 g/mol. The van der Waals surface area contributed by atoms with E-state index in [1.54, 1.807) is 0 Å². The number of ether oxygens (including phenoxy) is 4. The highest BCUT2D eigenvalue weighted by atomic mass is 16.7. The van der Waals surface area contributed by atoms with Gasteiger partial charge in [-0.2, -0.15) is 0 Å². The predicted molar refractivity (Wildman–Crippen MR) is 203 cm³/mol. The lowest BCUT2D eigenvalue weighted by Gasteiger charge is -2.41. The maximum Gasteiger partial charge on any atom is 0.345 e. The normalized spacial score (nSPS) is 20.0. The topological polar surface area (TPSA) is 331 Å². The van der Waals surface area contributed by atoms with Crippen LogP contribution < -0.4 is 0 Å². The maximum atomic E-state index is 13.4. The van der Waals surface area contributed by atoms with E-state index in [0.717, 1.165) is 36.4 Å². The van der Waals surface area contributed by atoms with Gasteiger partial charge in [0.2, 0.25) is 6.10 Å². The fraction of sp³-hybridized carbons (Fsp3) is 0.293. The molecule has 19 nitrogen and oxygen atoms in total. The summed E-state index contributed by atoms with van der Waals surface area (Å²) in [7, 11) is 0. The van der Waals surface area contributed by atoms with E-state index in [9.17, 15) is 75.7 Å². The van der Waals surface area contributed by atoms with Crippen molar-refractivity contribution in [2.24, 2.45) is 0 Å². The summed E-state index contributed by atoms with van der Waals surface area (Å²) in [5, 5.41) is 122. The van der Waals surface area contributed by atoms with Gasteiger partial charge in [-0.15, -0.1) is 0 Å². The van der Waals surface area contributed by atoms with Crippen LogP contribution in [-0.2, 0) is 46.2 Å². The van der Waals surface area contributed by atoms with E-state index in [0.29, 0.717) is 5.56 Å². The summed E-state index contributed by atoms with van der Waals surface area (Å²) < 4.78 is 21.8. The number of benzene rings is 4. The molecule has 0 aromatic heterocycles. The molecular weight excluding hydrogens is 796 g/mol. The fourth-order valence-corrected chi connectivity index (χ4v) is 6.45. The fourth-order valence-electron chi connectivity index (χ4n) is 6.45. The number of carboxylic acids is 1. The van der Waals surface area contributed by atoms with Crippen molar-refractivity contribution in [3.63, 3.8) is 0 Å². The maximum absolute atomic E-state index is 13.4. The van der Waals surface area contributed by atoms with Gasteiger partial charge in [0.05, 0.1) is 19.6 Å². The second kappa shape index (κ2) is 19.3. The number of hydrogen-bond donors (Lipinski definition) is 12. The van der Waals surface area contributed by atoms with Crippen LogP contribution in [0.25, 0.3) is 6.08 Å². The highest BCUT2D eigenvalue weighted by Gasteiger charge is 2.47. The van der Waals surface area contributed by atoms with Gasteiger partial charge in [0.15, 0.2) is 58.4 Å². The summed E-state index contributed by atoms with van der Waals surface area (Å²) in [6.45, 7) is -1.24. The van der Waals surface area contributed by atoms with Crippen molar-refractivity contribution in [1.29, 1.82) is 0 Å². The Morgan fingerprint density at radius 3 is 2.02 bits per heavy atom. The average Bonchev–Trinajstić information content (AvgIpc) is 3.21. The Balaban J connectivity index is 1.32. The highest BCUT2D eigenvalue weighted by molar-refractivity contribution is 5.87. The van der Waals surface area contributed by atoms with Gasteiger partial charge in [-0.1, -0.05) is 24.3 Å². The third-order valence-corrected chi connectivity index (χ3v) is 9.57. The summed E-state index contributed by atoms with van der Waals surface area (Å²) in [5.41, 5.74) is 0.771. The molecular formula is C41H42O19. The standard InChI is InChI=1S/C41H42O19/c42-18-33-39(60-34(50)10-3-19-1-6-25(43)29(47)13-19)37(53)38(54)41(59-33)57-12-11-23-22(5-9-28(46)36(23)52)24(21-4-8-27(45)31(49)16-21)17-35(51)58-32(40(55)56)15-20-2-7-26(44)30(48)14-20/h1-10,13-14,16,24,32-33,37-39,41-49,52-54H,11-12,15,17-18H2,(H,55,56)/b10-3+/t24-,32?,33-,37-,38-,39-,41-/m1/s1. The molecule has 1 heterocycles. The number of aliphatic hydroxyl groups excluding tert-OH is 3. The number of esters is 2. The lowest BCUT2D eigenvalue weighted by molar-refractivity contribution is -0.302. The number of aliphatic hydroxyl groups is 3. The smallest absolute Gasteiger partial charge is 0.345 e. The molecule has 7 atom stereocenters. The van der Waals surface area contributed by atoms with Crippen molar-refractivity contribution >= 4 is 24.0 Å². The van der Waals surface area contributed by atoms with Crippen LogP contribution in [0.3, 0.4) is 0 Å². The Morgan fingerprint density at radius 2 is 1.38 bits per heavy atom. The Hall–Kier alpha value is -6.77. The van der Waals surface area contributed by atoms with Crippen molar-refractivity contribution in [1.82, 2.24) is 0 Å². The minimum atomic E-state index is -1.86. The summed E-state index contributed by atoms with van der Waals surface area (Å²) in [4.78, 5) is 38.1. The molecule has 1 aliphatic rings. The number of aromatic hydroxyl groups is 8. The van der Waals surface area contributed by atoms with Gasteiger partial charge >= 0.3 is 17.9 Å². The van der Waals surface area contributed by atoms with Crippen LogP contribution in [0.2, 0.25) is 0 Å². The third-order valence-electron chi connectivity index (χ3n) is 9.57. The van der Waals surface area contributed by atoms with Crippen LogP contribution in [0.1, 0.15) is 40.2 Å². The quantitative estimate of drug-likeness (QED) is 0.0434. The van der Waals surface area contributed by atoms with Crippen LogP contribution in [0, 0.1) is 0 Å². The minimum absolute atomic E-state index is 0.0418. The van der Waals surface area contributed by atoms with Crippen LogP contribution in [-0.4, -0.2) is 129 Å². The third kappa shape index (κ3) is 10.6. The van der Waals surface area contributed by atoms with Crippen molar-refractivity contribution in [2.45, 2.75) is 62.0 Å². The number of phenolic OH excluding ortho intramolecular Hbond substituents is 8. The molecule has 1 aliphatic heterocycles. The largest absolute Gasteiger partial charge is 0.504 e. The first-order chi connectivity index (χ1) is 28.5. The Kier molecular flexibility index (Phi) is 14.3. The highest BCUT2D eigenvalue weighted by Crippen LogP contribution is 2.41. The molecule has 5 rings (SSSR count). The Labute approximate surface area is 340 Å². The van der Waals surface area contributed by atoms with Crippen molar-refractivity contribution < 1.29 is 94.6 Å². The van der Waals surface area contributed by atoms with E-state index in [4.69, 9.17) is 18.9 Å². The summed E-state index contributed by atoms with van der Waals surface area (Å²) in [6.07, 6.45) is -9.30. The van der Waals surface area contributed by atoms with Gasteiger partial charge < -0.3 is 80.2 Å². The number of hydrogen-bond acceptors (Lipinski definition) is 18. The van der Waals surface area contributed by atoms with Gasteiger partial charge in [-0.05, 0) is 77.2 Å². The second-order valence-corrected chi connectivity index (χ2v) is 13.7. The molecule has 4 aromatic rings. The number of carbonyl (C=O) groups is 3. The zero-order valence-corrected chi connectivity index (χ0v) is 31.3. The molecule has 0 amide bonds. The van der Waals surface area contributed by atoms with E-state index in [1.165, 1.54) is 42.5 Å². The molecule has 4 aromatic carbocycles. The molecule has 0 spiro atoms. The van der Waals surface area contributed by atoms with E-state index in [1.807, 2.05) is 0 Å². The van der Waals surface area contributed by atoms with Crippen molar-refractivity contribution in [3.8, 4) is 46.0 Å². The van der Waals surface area contributed by atoms with E-state index in [2.05, 4.69) is 0 Å². The molecule has 12 N–H and O–H groups in total. The molecule has 1 saturated heterocycles. The van der Waals surface area contributed by atoms with Crippen LogP contribution in [0.4, 0.5) is 0 Å². The van der Waals surface area contributed by atoms with E-state index < -0.39 is 127 Å². The number of phenols is 8. The van der Waals surface area contributed by atoms with Crippen molar-refractivity contribution in [2.75, 3.05) is 13.2 Å². The van der Waals surface area contributed by atoms with Crippen molar-refractivity contribution in [3.05, 3.63) is 101 Å². The summed E-state index contributed by atoms with van der Waals surface area (Å²) >= 11 is 0. The van der Waals surface area contributed by atoms with Crippen LogP contribution >= 0.6 is 0 Å².